The predicted molar refractivity (Wildman–Crippen MR) is 152 cm³/mol. The molecule has 2 aliphatic rings. The van der Waals surface area contributed by atoms with Crippen molar-refractivity contribution in [1.29, 1.82) is 0 Å². The predicted octanol–water partition coefficient (Wildman–Crippen LogP) is 5.43. The maximum atomic E-state index is 14.4. The summed E-state index contributed by atoms with van der Waals surface area (Å²) in [6.45, 7) is 7.03. The first-order valence-corrected chi connectivity index (χ1v) is 14.5. The molecule has 2 aromatic carbocycles. The number of amides is 2. The van der Waals surface area contributed by atoms with Crippen LogP contribution in [0.2, 0.25) is 5.02 Å². The summed E-state index contributed by atoms with van der Waals surface area (Å²) in [5.41, 5.74) is 2.43. The van der Waals surface area contributed by atoms with E-state index in [4.69, 9.17) is 21.4 Å². The normalized spacial score (nSPS) is 19.6. The van der Waals surface area contributed by atoms with Gasteiger partial charge in [-0.15, -0.1) is 11.8 Å². The van der Waals surface area contributed by atoms with Gasteiger partial charge in [0.15, 0.2) is 0 Å². The second-order valence-corrected chi connectivity index (χ2v) is 12.4. The van der Waals surface area contributed by atoms with Gasteiger partial charge in [-0.1, -0.05) is 56.6 Å². The van der Waals surface area contributed by atoms with Gasteiger partial charge in [0.2, 0.25) is 11.8 Å². The molecule has 5 rings (SSSR count). The Labute approximate surface area is 237 Å². The van der Waals surface area contributed by atoms with Crippen LogP contribution in [-0.2, 0) is 19.7 Å². The molecule has 2 amide bonds. The Bertz CT molecular complexity index is 1380. The van der Waals surface area contributed by atoms with E-state index in [0.29, 0.717) is 29.7 Å². The lowest BCUT2D eigenvalue weighted by atomic mass is 9.87. The minimum atomic E-state index is -0.427. The van der Waals surface area contributed by atoms with Crippen LogP contribution in [0.25, 0.3) is 5.69 Å². The third kappa shape index (κ3) is 5.85. The second-order valence-electron chi connectivity index (χ2n) is 10.9. The molecule has 2 atom stereocenters. The summed E-state index contributed by atoms with van der Waals surface area (Å²) in [5.74, 6) is -0.364. The van der Waals surface area contributed by atoms with Crippen molar-refractivity contribution >= 4 is 41.0 Å². The van der Waals surface area contributed by atoms with Gasteiger partial charge in [-0.2, -0.15) is 5.10 Å². The summed E-state index contributed by atoms with van der Waals surface area (Å²) >= 11 is 8.14. The van der Waals surface area contributed by atoms with Gasteiger partial charge in [-0.3, -0.25) is 14.5 Å². The van der Waals surface area contributed by atoms with E-state index in [1.165, 1.54) is 28.8 Å². The highest BCUT2D eigenvalue weighted by Gasteiger charge is 2.40. The molecule has 1 N–H and O–H groups in total. The molecule has 0 saturated carbocycles. The fourth-order valence-corrected chi connectivity index (χ4v) is 6.57. The number of hydrogen-bond donors (Lipinski definition) is 1. The molecule has 0 radical (unpaired) electrons. The van der Waals surface area contributed by atoms with E-state index in [9.17, 15) is 14.0 Å². The van der Waals surface area contributed by atoms with Crippen LogP contribution in [-0.4, -0.2) is 53.1 Å². The maximum absolute atomic E-state index is 14.4. The molecule has 0 spiro atoms. The molecule has 3 heterocycles. The van der Waals surface area contributed by atoms with Crippen LogP contribution >= 0.6 is 23.4 Å². The van der Waals surface area contributed by atoms with Crippen LogP contribution in [0, 0.1) is 5.82 Å². The van der Waals surface area contributed by atoms with Crippen molar-refractivity contribution in [2.45, 2.75) is 50.4 Å². The summed E-state index contributed by atoms with van der Waals surface area (Å²) in [6.07, 6.45) is 1.84. The summed E-state index contributed by atoms with van der Waals surface area (Å²) < 4.78 is 21.6. The first-order valence-electron chi connectivity index (χ1n) is 13.1. The quantitative estimate of drug-likeness (QED) is 0.428. The van der Waals surface area contributed by atoms with Crippen molar-refractivity contribution in [3.05, 3.63) is 76.2 Å². The van der Waals surface area contributed by atoms with E-state index in [-0.39, 0.29) is 35.5 Å². The highest BCUT2D eigenvalue weighted by molar-refractivity contribution is 8.00. The Morgan fingerprint density at radius 3 is 2.72 bits per heavy atom. The highest BCUT2D eigenvalue weighted by Crippen LogP contribution is 2.49. The number of anilines is 1. The van der Waals surface area contributed by atoms with Gasteiger partial charge in [-0.05, 0) is 42.7 Å². The topological polar surface area (TPSA) is 76.5 Å². The van der Waals surface area contributed by atoms with Crippen LogP contribution in [0.4, 0.5) is 10.2 Å². The van der Waals surface area contributed by atoms with E-state index < -0.39 is 11.2 Å². The highest BCUT2D eigenvalue weighted by atomic mass is 35.5. The number of ether oxygens (including phenoxy) is 1. The fourth-order valence-electron chi connectivity index (χ4n) is 5.03. The number of fused-ring (bicyclic) bond motifs is 1. The van der Waals surface area contributed by atoms with Crippen molar-refractivity contribution < 1.29 is 18.7 Å². The first-order chi connectivity index (χ1) is 18.6. The monoisotopic (exact) mass is 570 g/mol. The summed E-state index contributed by atoms with van der Waals surface area (Å²) in [4.78, 5) is 28.3. The lowest BCUT2D eigenvalue weighted by molar-refractivity contribution is -0.123. The number of carbonyl (C=O) groups is 2. The molecule has 2 aliphatic heterocycles. The lowest BCUT2D eigenvalue weighted by Crippen LogP contribution is -2.44. The number of aromatic nitrogens is 2. The Kier molecular flexibility index (Phi) is 8.03. The van der Waals surface area contributed by atoms with E-state index in [1.807, 2.05) is 45.0 Å². The Morgan fingerprint density at radius 1 is 1.23 bits per heavy atom. The average molecular weight is 571 g/mol. The zero-order chi connectivity index (χ0) is 27.7. The van der Waals surface area contributed by atoms with Crippen LogP contribution in [0.3, 0.4) is 0 Å². The van der Waals surface area contributed by atoms with Gasteiger partial charge >= 0.3 is 0 Å². The number of rotatable bonds is 6. The molecule has 1 fully saturated rings. The van der Waals surface area contributed by atoms with Gasteiger partial charge in [0.25, 0.3) is 0 Å². The molecule has 206 valence electrons. The van der Waals surface area contributed by atoms with Gasteiger partial charge in [0.1, 0.15) is 18.2 Å². The first kappa shape index (κ1) is 27.7. The molecule has 10 heteroatoms. The van der Waals surface area contributed by atoms with E-state index >= 15 is 0 Å². The smallest absolute Gasteiger partial charge is 0.240 e. The molecular formula is C29H32ClFN4O3S. The van der Waals surface area contributed by atoms with E-state index in [0.717, 1.165) is 29.7 Å². The lowest BCUT2D eigenvalue weighted by Gasteiger charge is -2.25. The minimum Gasteiger partial charge on any atom is -0.376 e. The van der Waals surface area contributed by atoms with Crippen molar-refractivity contribution in [3.8, 4) is 5.69 Å². The number of thioether (sulfide) groups is 1. The van der Waals surface area contributed by atoms with E-state index in [1.54, 1.807) is 16.8 Å². The third-order valence-electron chi connectivity index (χ3n) is 6.89. The Morgan fingerprint density at radius 2 is 2.03 bits per heavy atom. The molecule has 0 bridgehead atoms. The van der Waals surface area contributed by atoms with Crippen LogP contribution in [0.1, 0.15) is 55.7 Å². The number of nitrogens with zero attached hydrogens (tertiary/aromatic N) is 3. The number of nitrogens with one attached hydrogen (secondary N) is 1. The molecular weight excluding hydrogens is 539 g/mol. The SMILES string of the molecule is CC(C)(C)c1nn(-c2cccc(F)c2)c2c1[C@H](c1ccccc1Cl)SCC(=O)N2CC(=O)NC[C@H]1CCCO1. The van der Waals surface area contributed by atoms with Gasteiger partial charge in [0, 0.05) is 29.2 Å². The molecule has 1 saturated heterocycles. The van der Waals surface area contributed by atoms with Crippen LogP contribution in [0.15, 0.2) is 48.5 Å². The summed E-state index contributed by atoms with van der Waals surface area (Å²) in [7, 11) is 0. The molecule has 0 unspecified atom stereocenters. The minimum absolute atomic E-state index is 0.0187. The van der Waals surface area contributed by atoms with Crippen LogP contribution < -0.4 is 10.2 Å². The molecule has 7 nitrogen and oxygen atoms in total. The van der Waals surface area contributed by atoms with Crippen molar-refractivity contribution in [2.75, 3.05) is 30.3 Å². The number of halogens is 2. The zero-order valence-electron chi connectivity index (χ0n) is 22.2. The Hall–Kier alpha value is -2.88. The number of carbonyl (C=O) groups excluding carboxylic acids is 2. The largest absolute Gasteiger partial charge is 0.376 e. The van der Waals surface area contributed by atoms with Gasteiger partial charge < -0.3 is 10.1 Å². The van der Waals surface area contributed by atoms with Crippen LogP contribution in [0.5, 0.6) is 0 Å². The van der Waals surface area contributed by atoms with Crippen molar-refractivity contribution in [2.24, 2.45) is 0 Å². The molecule has 39 heavy (non-hydrogen) atoms. The number of hydrogen-bond acceptors (Lipinski definition) is 5. The van der Waals surface area contributed by atoms with E-state index in [2.05, 4.69) is 5.32 Å². The number of benzene rings is 2. The fraction of sp³-hybridized carbons (Fsp3) is 0.414. The molecule has 0 aliphatic carbocycles. The second kappa shape index (κ2) is 11.3. The zero-order valence-corrected chi connectivity index (χ0v) is 23.8. The van der Waals surface area contributed by atoms with Crippen molar-refractivity contribution in [1.82, 2.24) is 15.1 Å². The maximum Gasteiger partial charge on any atom is 0.240 e. The van der Waals surface area contributed by atoms with Gasteiger partial charge in [-0.25, -0.2) is 9.07 Å². The summed E-state index contributed by atoms with van der Waals surface area (Å²) in [5, 5.41) is 8.15. The molecule has 1 aromatic heterocycles. The summed E-state index contributed by atoms with van der Waals surface area (Å²) in [6, 6.07) is 13.6. The third-order valence-corrected chi connectivity index (χ3v) is 8.47. The van der Waals surface area contributed by atoms with Gasteiger partial charge in [0.05, 0.1) is 28.5 Å². The Balaban J connectivity index is 1.66. The van der Waals surface area contributed by atoms with Crippen molar-refractivity contribution in [3.63, 3.8) is 0 Å². The average Bonchev–Trinajstić information content (AvgIpc) is 3.53. The molecule has 3 aromatic rings. The standard InChI is InChI=1S/C29H32ClFN4O3S/c1-29(2,3)27-25-26(21-11-4-5-12-22(21)30)39-17-24(37)34(16-23(36)32-15-20-10-7-13-38-20)28(25)35(33-27)19-9-6-8-18(31)14-19/h4-6,8-9,11-12,14,20,26H,7,10,13,15-17H2,1-3H3,(H,32,36)/t20-,26+/m1/s1.